The first-order chi connectivity index (χ1) is 17.0. The zero-order chi connectivity index (χ0) is 25.2. The Bertz CT molecular complexity index is 1130. The first kappa shape index (κ1) is 26.7. The lowest BCUT2D eigenvalue weighted by atomic mass is 10.0. The zero-order valence-electron chi connectivity index (χ0n) is 21.2. The molecule has 0 bridgehead atoms. The van der Waals surface area contributed by atoms with Crippen molar-refractivity contribution in [2.75, 3.05) is 5.32 Å². The average molecular weight is 538 g/mol. The fraction of sp³-hybridized carbons (Fsp3) is 0.379. The number of nitrogens with zero attached hydrogens (tertiary/aromatic N) is 1. The molecule has 1 heterocycles. The summed E-state index contributed by atoms with van der Waals surface area (Å²) in [6, 6.07) is 18.8. The zero-order valence-corrected chi connectivity index (χ0v) is 22.8. The number of H-pyrrole nitrogens is 1. The van der Waals surface area contributed by atoms with Gasteiger partial charge in [0, 0.05) is 17.3 Å². The summed E-state index contributed by atoms with van der Waals surface area (Å²) in [4.78, 5) is 13.0. The van der Waals surface area contributed by atoms with Gasteiger partial charge in [0.2, 0.25) is 0 Å². The Morgan fingerprint density at radius 1 is 1.06 bits per heavy atom. The van der Waals surface area contributed by atoms with Crippen LogP contribution in [-0.4, -0.2) is 22.1 Å². The minimum absolute atomic E-state index is 0.102. The highest BCUT2D eigenvalue weighted by Gasteiger charge is 2.24. The Balaban J connectivity index is 0.00000108. The molecule has 1 aliphatic rings. The van der Waals surface area contributed by atoms with Gasteiger partial charge in [-0.3, -0.25) is 9.89 Å². The first-order valence-corrected chi connectivity index (χ1v) is 13.4. The van der Waals surface area contributed by atoms with E-state index in [-0.39, 0.29) is 11.9 Å². The Morgan fingerprint density at radius 2 is 1.71 bits per heavy atom. The molecule has 0 aliphatic heterocycles. The molecule has 0 saturated heterocycles. The number of nitrogens with one attached hydrogen (secondary N) is 3. The van der Waals surface area contributed by atoms with Gasteiger partial charge < -0.3 is 10.6 Å². The molecule has 1 fully saturated rings. The minimum Gasteiger partial charge on any atom is -0.348 e. The number of halogens is 1. The predicted octanol–water partition coefficient (Wildman–Crippen LogP) is 7.66. The number of aromatic nitrogens is 2. The summed E-state index contributed by atoms with van der Waals surface area (Å²) in [7, 11) is 0. The highest BCUT2D eigenvalue weighted by Crippen LogP contribution is 2.39. The van der Waals surface area contributed by atoms with E-state index < -0.39 is 0 Å². The Labute approximate surface area is 217 Å². The molecule has 1 aromatic heterocycles. The highest BCUT2D eigenvalue weighted by molar-refractivity contribution is 9.10. The van der Waals surface area contributed by atoms with E-state index in [1.54, 1.807) is 0 Å². The van der Waals surface area contributed by atoms with Crippen molar-refractivity contribution >= 4 is 33.4 Å². The van der Waals surface area contributed by atoms with Gasteiger partial charge in [0.15, 0.2) is 5.82 Å². The number of aryl methyl sites for hydroxylation is 2. The third kappa shape index (κ3) is 7.56. The van der Waals surface area contributed by atoms with Gasteiger partial charge in [-0.25, -0.2) is 0 Å². The first-order valence-electron chi connectivity index (χ1n) is 12.6. The van der Waals surface area contributed by atoms with Crippen molar-refractivity contribution in [3.05, 3.63) is 87.0 Å². The van der Waals surface area contributed by atoms with E-state index in [1.807, 2.05) is 30.3 Å². The number of rotatable bonds is 9. The van der Waals surface area contributed by atoms with Crippen LogP contribution in [0.5, 0.6) is 0 Å². The van der Waals surface area contributed by atoms with Gasteiger partial charge >= 0.3 is 0 Å². The quantitative estimate of drug-likeness (QED) is 0.263. The lowest BCUT2D eigenvalue weighted by Gasteiger charge is -2.16. The number of allylic oxidation sites excluding steroid dienone is 1. The van der Waals surface area contributed by atoms with Crippen LogP contribution < -0.4 is 10.6 Å². The molecule has 1 aliphatic carbocycles. The van der Waals surface area contributed by atoms with Crippen molar-refractivity contribution in [3.63, 3.8) is 0 Å². The number of aromatic amines is 1. The maximum Gasteiger partial charge on any atom is 0.270 e. The lowest BCUT2D eigenvalue weighted by Crippen LogP contribution is -2.35. The third-order valence-electron chi connectivity index (χ3n) is 5.90. The summed E-state index contributed by atoms with van der Waals surface area (Å²) >= 11 is 3.59. The molecule has 35 heavy (non-hydrogen) atoms. The third-order valence-corrected chi connectivity index (χ3v) is 6.67. The molecule has 5 nitrogen and oxygen atoms in total. The maximum atomic E-state index is 13.0. The molecular weight excluding hydrogens is 500 g/mol. The van der Waals surface area contributed by atoms with Crippen molar-refractivity contribution in [2.24, 2.45) is 0 Å². The van der Waals surface area contributed by atoms with Crippen molar-refractivity contribution in [1.29, 1.82) is 0 Å². The Morgan fingerprint density at radius 3 is 2.34 bits per heavy atom. The van der Waals surface area contributed by atoms with E-state index in [2.05, 4.69) is 88.7 Å². The molecule has 3 N–H and O–H groups in total. The molecule has 0 radical (unpaired) electrons. The number of amides is 1. The van der Waals surface area contributed by atoms with Crippen molar-refractivity contribution in [2.45, 2.75) is 72.3 Å². The lowest BCUT2D eigenvalue weighted by molar-refractivity contribution is 0.0928. The van der Waals surface area contributed by atoms with Crippen LogP contribution in [0.2, 0.25) is 0 Å². The van der Waals surface area contributed by atoms with Crippen LogP contribution in [0.25, 0.3) is 5.70 Å². The monoisotopic (exact) mass is 536 g/mol. The molecule has 3 aromatic rings. The van der Waals surface area contributed by atoms with Gasteiger partial charge in [-0.1, -0.05) is 81.8 Å². The molecule has 0 unspecified atom stereocenters. The SMILES string of the molecule is CCC.CC[C@@H](CCc1ccccc1)NC(=O)c1[nH]nc(NC(=C2CC2)c2ccccc2C)c1Br. The van der Waals surface area contributed by atoms with Gasteiger partial charge in [-0.2, -0.15) is 5.10 Å². The summed E-state index contributed by atoms with van der Waals surface area (Å²) in [5.41, 5.74) is 6.58. The molecule has 0 spiro atoms. The molecule has 1 atom stereocenters. The van der Waals surface area contributed by atoms with E-state index in [1.165, 1.54) is 28.7 Å². The molecule has 2 aromatic carbocycles. The summed E-state index contributed by atoms with van der Waals surface area (Å²) in [5.74, 6) is 0.485. The van der Waals surface area contributed by atoms with Crippen molar-refractivity contribution in [3.8, 4) is 0 Å². The second kappa shape index (κ2) is 13.3. The molecule has 1 amide bonds. The average Bonchev–Trinajstić information content (AvgIpc) is 3.64. The van der Waals surface area contributed by atoms with Crippen LogP contribution in [0, 0.1) is 6.92 Å². The topological polar surface area (TPSA) is 69.8 Å². The van der Waals surface area contributed by atoms with Gasteiger partial charge in [-0.05, 0) is 71.7 Å². The van der Waals surface area contributed by atoms with Gasteiger partial charge in [0.25, 0.3) is 5.91 Å². The van der Waals surface area contributed by atoms with Crippen LogP contribution in [0.1, 0.15) is 80.1 Å². The van der Waals surface area contributed by atoms with Gasteiger partial charge in [0.1, 0.15) is 5.69 Å². The number of hydrogen-bond donors (Lipinski definition) is 3. The summed E-state index contributed by atoms with van der Waals surface area (Å²) in [6.07, 6.45) is 6.13. The fourth-order valence-electron chi connectivity index (χ4n) is 3.81. The second-order valence-corrected chi connectivity index (χ2v) is 9.78. The largest absolute Gasteiger partial charge is 0.348 e. The molecule has 1 saturated carbocycles. The summed E-state index contributed by atoms with van der Waals surface area (Å²) in [6.45, 7) is 8.46. The van der Waals surface area contributed by atoms with Crippen molar-refractivity contribution < 1.29 is 4.79 Å². The molecule has 6 heteroatoms. The minimum atomic E-state index is -0.145. The number of carbonyl (C=O) groups excluding carboxylic acids is 1. The van der Waals surface area contributed by atoms with Crippen LogP contribution in [-0.2, 0) is 6.42 Å². The van der Waals surface area contributed by atoms with E-state index in [4.69, 9.17) is 0 Å². The summed E-state index contributed by atoms with van der Waals surface area (Å²) < 4.78 is 0.653. The smallest absolute Gasteiger partial charge is 0.270 e. The number of anilines is 1. The fourth-order valence-corrected chi connectivity index (χ4v) is 4.27. The summed E-state index contributed by atoms with van der Waals surface area (Å²) in [5, 5.41) is 13.9. The van der Waals surface area contributed by atoms with E-state index in [9.17, 15) is 4.79 Å². The molecular formula is C29H37BrN4O. The van der Waals surface area contributed by atoms with Crippen LogP contribution >= 0.6 is 15.9 Å². The predicted molar refractivity (Wildman–Crippen MR) is 150 cm³/mol. The van der Waals surface area contributed by atoms with Crippen LogP contribution in [0.3, 0.4) is 0 Å². The van der Waals surface area contributed by atoms with Gasteiger partial charge in [-0.15, -0.1) is 0 Å². The number of benzene rings is 2. The van der Waals surface area contributed by atoms with E-state index in [0.717, 1.165) is 37.8 Å². The second-order valence-electron chi connectivity index (χ2n) is 8.99. The Hall–Kier alpha value is -2.86. The molecule has 186 valence electrons. The van der Waals surface area contributed by atoms with Crippen LogP contribution in [0.4, 0.5) is 5.82 Å². The molecule has 4 rings (SSSR count). The van der Waals surface area contributed by atoms with E-state index in [0.29, 0.717) is 16.0 Å². The highest BCUT2D eigenvalue weighted by atomic mass is 79.9. The number of carbonyl (C=O) groups is 1. The normalized spacial score (nSPS) is 12.9. The number of hydrogen-bond acceptors (Lipinski definition) is 3. The maximum absolute atomic E-state index is 13.0. The van der Waals surface area contributed by atoms with Crippen molar-refractivity contribution in [1.82, 2.24) is 15.5 Å². The van der Waals surface area contributed by atoms with E-state index >= 15 is 0 Å². The van der Waals surface area contributed by atoms with Gasteiger partial charge in [0.05, 0.1) is 4.47 Å². The van der Waals surface area contributed by atoms with Crippen LogP contribution in [0.15, 0.2) is 64.6 Å². The standard InChI is InChI=1S/C26H29BrN4O.C3H8/c1-3-20(16-13-18-10-5-4-6-11-18)28-26(32)24-22(27)25(31-30-24)29-23(19-14-15-19)21-12-8-7-9-17(21)2;1-3-2/h4-12,20H,3,13-16H2,1-2H3,(H,28,32)(H2,29,30,31);3H2,1-2H3/t20-;/m0./s1. The Kier molecular flexibility index (Phi) is 10.2.